The predicted molar refractivity (Wildman–Crippen MR) is 79.2 cm³/mol. The molecule has 0 amide bonds. The highest BCUT2D eigenvalue weighted by atomic mass is 16.5. The average molecular weight is 269 g/mol. The average Bonchev–Trinajstić information content (AvgIpc) is 2.52. The summed E-state index contributed by atoms with van der Waals surface area (Å²) in [6.07, 6.45) is 0.625. The van der Waals surface area contributed by atoms with Crippen LogP contribution in [0.1, 0.15) is 11.1 Å². The van der Waals surface area contributed by atoms with Gasteiger partial charge in [-0.1, -0.05) is 60.7 Å². The monoisotopic (exact) mass is 269 g/mol. The Hall–Kier alpha value is -2.13. The Kier molecular flexibility index (Phi) is 5.33. The zero-order chi connectivity index (χ0) is 14.2. The fraction of sp³-hybridized carbons (Fsp3) is 0.235. The quantitative estimate of drug-likeness (QED) is 0.819. The Morgan fingerprint density at radius 2 is 1.55 bits per heavy atom. The SMILES string of the molecule is COC(=O)C(Cc1ccccc1)NCc1ccccc1. The van der Waals surface area contributed by atoms with Crippen LogP contribution >= 0.6 is 0 Å². The second kappa shape index (κ2) is 7.46. The van der Waals surface area contributed by atoms with E-state index < -0.39 is 0 Å². The van der Waals surface area contributed by atoms with E-state index in [9.17, 15) is 4.79 Å². The van der Waals surface area contributed by atoms with E-state index in [0.717, 1.165) is 11.1 Å². The van der Waals surface area contributed by atoms with Gasteiger partial charge < -0.3 is 10.1 Å². The van der Waals surface area contributed by atoms with Crippen LogP contribution in [0.25, 0.3) is 0 Å². The van der Waals surface area contributed by atoms with Gasteiger partial charge >= 0.3 is 5.97 Å². The molecule has 0 saturated carbocycles. The molecule has 0 heterocycles. The Balaban J connectivity index is 1.99. The highest BCUT2D eigenvalue weighted by molar-refractivity contribution is 5.76. The molecule has 0 radical (unpaired) electrons. The number of hydrogen-bond donors (Lipinski definition) is 1. The van der Waals surface area contributed by atoms with Crippen molar-refractivity contribution in [3.8, 4) is 0 Å². The summed E-state index contributed by atoms with van der Waals surface area (Å²) in [4.78, 5) is 11.9. The maximum Gasteiger partial charge on any atom is 0.323 e. The standard InChI is InChI=1S/C17H19NO2/c1-20-17(19)16(12-14-8-4-2-5-9-14)18-13-15-10-6-3-7-11-15/h2-11,16,18H,12-13H2,1H3. The molecule has 104 valence electrons. The zero-order valence-corrected chi connectivity index (χ0v) is 11.6. The summed E-state index contributed by atoms with van der Waals surface area (Å²) in [6, 6.07) is 19.6. The third-order valence-electron chi connectivity index (χ3n) is 3.16. The second-order valence-corrected chi connectivity index (χ2v) is 4.63. The van der Waals surface area contributed by atoms with E-state index in [0.29, 0.717) is 13.0 Å². The van der Waals surface area contributed by atoms with Gasteiger partial charge in [-0.3, -0.25) is 4.79 Å². The molecule has 20 heavy (non-hydrogen) atoms. The molecule has 2 aromatic rings. The van der Waals surface area contributed by atoms with Crippen LogP contribution in [0, 0.1) is 0 Å². The van der Waals surface area contributed by atoms with E-state index in [1.165, 1.54) is 7.11 Å². The third-order valence-corrected chi connectivity index (χ3v) is 3.16. The number of benzene rings is 2. The van der Waals surface area contributed by atoms with E-state index in [1.807, 2.05) is 60.7 Å². The number of methoxy groups -OCH3 is 1. The first-order valence-corrected chi connectivity index (χ1v) is 6.68. The Bertz CT molecular complexity index is 525. The molecule has 0 spiro atoms. The molecule has 0 aliphatic heterocycles. The van der Waals surface area contributed by atoms with Crippen molar-refractivity contribution < 1.29 is 9.53 Å². The lowest BCUT2D eigenvalue weighted by Crippen LogP contribution is -2.39. The van der Waals surface area contributed by atoms with Crippen LogP contribution in [-0.2, 0) is 22.5 Å². The summed E-state index contributed by atoms with van der Waals surface area (Å²) in [7, 11) is 1.42. The van der Waals surface area contributed by atoms with Gasteiger partial charge in [0.15, 0.2) is 0 Å². The van der Waals surface area contributed by atoms with Crippen LogP contribution in [0.2, 0.25) is 0 Å². The first kappa shape index (κ1) is 14.3. The molecule has 0 fully saturated rings. The van der Waals surface area contributed by atoms with Gasteiger partial charge in [-0.2, -0.15) is 0 Å². The minimum Gasteiger partial charge on any atom is -0.468 e. The smallest absolute Gasteiger partial charge is 0.323 e. The lowest BCUT2D eigenvalue weighted by atomic mass is 10.1. The molecule has 1 unspecified atom stereocenters. The van der Waals surface area contributed by atoms with E-state index >= 15 is 0 Å². The van der Waals surface area contributed by atoms with Crippen molar-refractivity contribution in [2.24, 2.45) is 0 Å². The van der Waals surface area contributed by atoms with Crippen molar-refractivity contribution >= 4 is 5.97 Å². The molecule has 3 heteroatoms. The largest absolute Gasteiger partial charge is 0.468 e. The van der Waals surface area contributed by atoms with E-state index in [2.05, 4.69) is 5.32 Å². The number of nitrogens with one attached hydrogen (secondary N) is 1. The van der Waals surface area contributed by atoms with Gasteiger partial charge in [0.05, 0.1) is 7.11 Å². The normalized spacial score (nSPS) is 11.8. The lowest BCUT2D eigenvalue weighted by molar-refractivity contribution is -0.143. The number of rotatable bonds is 6. The van der Waals surface area contributed by atoms with E-state index in [1.54, 1.807) is 0 Å². The molecular weight excluding hydrogens is 250 g/mol. The van der Waals surface area contributed by atoms with Crippen molar-refractivity contribution in [1.82, 2.24) is 5.32 Å². The Labute approximate surface area is 119 Å². The Morgan fingerprint density at radius 1 is 1.00 bits per heavy atom. The highest BCUT2D eigenvalue weighted by Gasteiger charge is 2.18. The molecule has 0 aliphatic rings. The van der Waals surface area contributed by atoms with Crippen LogP contribution in [0.3, 0.4) is 0 Å². The van der Waals surface area contributed by atoms with Crippen LogP contribution in [-0.4, -0.2) is 19.1 Å². The second-order valence-electron chi connectivity index (χ2n) is 4.63. The number of esters is 1. The van der Waals surface area contributed by atoms with Crippen molar-refractivity contribution in [2.45, 2.75) is 19.0 Å². The molecule has 0 bridgehead atoms. The maximum absolute atomic E-state index is 11.9. The van der Waals surface area contributed by atoms with Crippen LogP contribution < -0.4 is 5.32 Å². The zero-order valence-electron chi connectivity index (χ0n) is 11.6. The van der Waals surface area contributed by atoms with Gasteiger partial charge in [-0.05, 0) is 17.5 Å². The maximum atomic E-state index is 11.9. The molecule has 0 aromatic heterocycles. The van der Waals surface area contributed by atoms with Crippen molar-refractivity contribution in [1.29, 1.82) is 0 Å². The molecular formula is C17H19NO2. The number of carbonyl (C=O) groups is 1. The summed E-state index contributed by atoms with van der Waals surface area (Å²) in [5.41, 5.74) is 2.26. The van der Waals surface area contributed by atoms with Crippen molar-refractivity contribution in [3.05, 3.63) is 71.8 Å². The molecule has 3 nitrogen and oxygen atoms in total. The summed E-state index contributed by atoms with van der Waals surface area (Å²) in [5.74, 6) is -0.232. The van der Waals surface area contributed by atoms with Crippen molar-refractivity contribution in [3.63, 3.8) is 0 Å². The van der Waals surface area contributed by atoms with Gasteiger partial charge in [0.1, 0.15) is 6.04 Å². The molecule has 1 N–H and O–H groups in total. The van der Waals surface area contributed by atoms with Gasteiger partial charge in [-0.25, -0.2) is 0 Å². The Morgan fingerprint density at radius 3 is 2.10 bits per heavy atom. The number of carbonyl (C=O) groups excluding carboxylic acids is 1. The summed E-state index contributed by atoms with van der Waals surface area (Å²) < 4.78 is 4.87. The van der Waals surface area contributed by atoms with Gasteiger partial charge in [0.25, 0.3) is 0 Å². The van der Waals surface area contributed by atoms with Crippen LogP contribution in [0.15, 0.2) is 60.7 Å². The summed E-state index contributed by atoms with van der Waals surface area (Å²) in [5, 5.41) is 3.26. The summed E-state index contributed by atoms with van der Waals surface area (Å²) >= 11 is 0. The fourth-order valence-corrected chi connectivity index (χ4v) is 2.07. The molecule has 2 aromatic carbocycles. The van der Waals surface area contributed by atoms with Gasteiger partial charge in [-0.15, -0.1) is 0 Å². The third kappa shape index (κ3) is 4.21. The van der Waals surface area contributed by atoms with Crippen molar-refractivity contribution in [2.75, 3.05) is 7.11 Å². The topological polar surface area (TPSA) is 38.3 Å². The molecule has 1 atom stereocenters. The highest BCUT2D eigenvalue weighted by Crippen LogP contribution is 2.06. The molecule has 0 saturated heterocycles. The lowest BCUT2D eigenvalue weighted by Gasteiger charge is -2.16. The summed E-state index contributed by atoms with van der Waals surface area (Å²) in [6.45, 7) is 0.646. The number of ether oxygens (including phenoxy) is 1. The minimum atomic E-state index is -0.331. The molecule has 2 rings (SSSR count). The minimum absolute atomic E-state index is 0.232. The van der Waals surface area contributed by atoms with Gasteiger partial charge in [0.2, 0.25) is 0 Å². The first-order valence-electron chi connectivity index (χ1n) is 6.68. The molecule has 0 aliphatic carbocycles. The van der Waals surface area contributed by atoms with E-state index in [-0.39, 0.29) is 12.0 Å². The first-order chi connectivity index (χ1) is 9.79. The predicted octanol–water partition coefficient (Wildman–Crippen LogP) is 2.56. The van der Waals surface area contributed by atoms with Crippen LogP contribution in [0.4, 0.5) is 0 Å². The fourth-order valence-electron chi connectivity index (χ4n) is 2.07. The van der Waals surface area contributed by atoms with E-state index in [4.69, 9.17) is 4.74 Å². The van der Waals surface area contributed by atoms with Gasteiger partial charge in [0, 0.05) is 6.54 Å². The van der Waals surface area contributed by atoms with Crippen LogP contribution in [0.5, 0.6) is 0 Å². The number of hydrogen-bond acceptors (Lipinski definition) is 3.